The molecular weight excluding hydrogens is 510 g/mol. The number of piperazine rings is 1. The lowest BCUT2D eigenvalue weighted by molar-refractivity contribution is -0.119. The van der Waals surface area contributed by atoms with Crippen molar-refractivity contribution in [1.29, 1.82) is 0 Å². The van der Waals surface area contributed by atoms with Gasteiger partial charge in [0.15, 0.2) is 0 Å². The maximum Gasteiger partial charge on any atom is 0.407 e. The number of carbonyl (C=O) groups is 2. The van der Waals surface area contributed by atoms with Crippen LogP contribution in [0.25, 0.3) is 22.3 Å². The average molecular weight is 548 g/mol. The standard InChI is InChI=1S/C29H37N7O4/c1-17(19-11-25(37)31-14-19)40-27-26-22(32-16-36(26)20-6-7-20)12-21(33-27)18-5-8-24(30-13-18)34-9-10-35(28(38)39)23(15-34)29(2,3)4/h5,8,12-13,16-17,19-20,23H,6-7,9-11,14-15H2,1-4H3,(H,31,37)(H,38,39)/t17-,19-,23?/m1/s1. The second-order valence-corrected chi connectivity index (χ2v) is 12.4. The molecule has 3 aromatic rings. The van der Waals surface area contributed by atoms with E-state index in [-0.39, 0.29) is 29.4 Å². The van der Waals surface area contributed by atoms with E-state index in [1.54, 1.807) is 4.90 Å². The van der Waals surface area contributed by atoms with Crippen LogP contribution in [0.5, 0.6) is 5.88 Å². The van der Waals surface area contributed by atoms with Crippen molar-refractivity contribution in [2.45, 2.75) is 65.1 Å². The molecule has 2 amide bonds. The summed E-state index contributed by atoms with van der Waals surface area (Å²) < 4.78 is 8.61. The summed E-state index contributed by atoms with van der Waals surface area (Å²) in [5.74, 6) is 1.49. The number of amides is 2. The number of ether oxygens (including phenoxy) is 1. The monoisotopic (exact) mass is 547 g/mol. The zero-order chi connectivity index (χ0) is 28.2. The number of nitrogens with one attached hydrogen (secondary N) is 1. The van der Waals surface area contributed by atoms with Crippen LogP contribution in [0.3, 0.4) is 0 Å². The molecule has 6 rings (SSSR count). The minimum atomic E-state index is -0.878. The second-order valence-electron chi connectivity index (χ2n) is 12.4. The summed E-state index contributed by atoms with van der Waals surface area (Å²) in [5.41, 5.74) is 3.08. The Morgan fingerprint density at radius 1 is 1.20 bits per heavy atom. The molecule has 2 N–H and O–H groups in total. The lowest BCUT2D eigenvalue weighted by Gasteiger charge is -2.46. The number of fused-ring (bicyclic) bond motifs is 1. The Morgan fingerprint density at radius 3 is 2.62 bits per heavy atom. The number of hydrogen-bond acceptors (Lipinski definition) is 7. The molecule has 11 heteroatoms. The van der Waals surface area contributed by atoms with Crippen LogP contribution in [-0.2, 0) is 4.79 Å². The van der Waals surface area contributed by atoms with Crippen LogP contribution in [0.15, 0.2) is 30.7 Å². The van der Waals surface area contributed by atoms with Gasteiger partial charge in [0.25, 0.3) is 0 Å². The van der Waals surface area contributed by atoms with Crippen molar-refractivity contribution in [3.8, 4) is 17.1 Å². The lowest BCUT2D eigenvalue weighted by atomic mass is 9.84. The Bertz CT molecular complexity index is 1430. The van der Waals surface area contributed by atoms with E-state index >= 15 is 0 Å². The summed E-state index contributed by atoms with van der Waals surface area (Å²) >= 11 is 0. The van der Waals surface area contributed by atoms with Crippen LogP contribution >= 0.6 is 0 Å². The molecule has 11 nitrogen and oxygen atoms in total. The third-order valence-electron chi connectivity index (χ3n) is 8.42. The first-order valence-corrected chi connectivity index (χ1v) is 14.1. The van der Waals surface area contributed by atoms with E-state index in [0.717, 1.165) is 41.0 Å². The highest BCUT2D eigenvalue weighted by atomic mass is 16.5. The Kier molecular flexibility index (Phi) is 6.54. The summed E-state index contributed by atoms with van der Waals surface area (Å²) in [6.07, 6.45) is 5.30. The second kappa shape index (κ2) is 9.94. The number of rotatable bonds is 6. The fourth-order valence-electron chi connectivity index (χ4n) is 5.80. The van der Waals surface area contributed by atoms with Gasteiger partial charge in [-0.2, -0.15) is 0 Å². The van der Waals surface area contributed by atoms with Gasteiger partial charge in [0, 0.05) is 56.3 Å². The highest BCUT2D eigenvalue weighted by Gasteiger charge is 2.38. The van der Waals surface area contributed by atoms with E-state index in [4.69, 9.17) is 14.7 Å². The third-order valence-corrected chi connectivity index (χ3v) is 8.42. The highest BCUT2D eigenvalue weighted by Crippen LogP contribution is 2.40. The normalized spacial score (nSPS) is 22.4. The number of aromatic nitrogens is 4. The molecule has 2 aliphatic heterocycles. The molecular formula is C29H37N7O4. The fraction of sp³-hybridized carbons (Fsp3) is 0.552. The zero-order valence-corrected chi connectivity index (χ0v) is 23.5. The summed E-state index contributed by atoms with van der Waals surface area (Å²) in [4.78, 5) is 41.7. The van der Waals surface area contributed by atoms with Crippen LogP contribution in [0.1, 0.15) is 53.0 Å². The number of carbonyl (C=O) groups excluding carboxylic acids is 1. The van der Waals surface area contributed by atoms with Crippen LogP contribution in [-0.4, -0.2) is 79.9 Å². The minimum Gasteiger partial charge on any atom is -0.473 e. The minimum absolute atomic E-state index is 0.0553. The molecule has 0 bridgehead atoms. The van der Waals surface area contributed by atoms with Crippen molar-refractivity contribution < 1.29 is 19.4 Å². The summed E-state index contributed by atoms with van der Waals surface area (Å²) in [5, 5.41) is 12.6. The number of hydrogen-bond donors (Lipinski definition) is 2. The molecule has 1 unspecified atom stereocenters. The van der Waals surface area contributed by atoms with Crippen LogP contribution in [0, 0.1) is 11.3 Å². The predicted molar refractivity (Wildman–Crippen MR) is 150 cm³/mol. The van der Waals surface area contributed by atoms with Crippen molar-refractivity contribution in [3.05, 3.63) is 30.7 Å². The number of carboxylic acid groups (broad SMARTS) is 1. The molecule has 1 aliphatic carbocycles. The SMILES string of the molecule is C[C@@H](Oc1nc(-c2ccc(N3CCN(C(=O)O)C(C(C)(C)C)C3)nc2)cc2ncn(C3CC3)c12)[C@H]1CNC(=O)C1. The van der Waals surface area contributed by atoms with Gasteiger partial charge in [0.1, 0.15) is 17.4 Å². The molecule has 2 saturated heterocycles. The van der Waals surface area contributed by atoms with Crippen molar-refractivity contribution in [2.24, 2.45) is 11.3 Å². The van der Waals surface area contributed by atoms with Gasteiger partial charge < -0.3 is 29.5 Å². The zero-order valence-electron chi connectivity index (χ0n) is 23.5. The van der Waals surface area contributed by atoms with E-state index in [1.807, 2.05) is 37.6 Å². The Balaban J connectivity index is 1.28. The lowest BCUT2D eigenvalue weighted by Crippen LogP contribution is -2.59. The molecule has 0 spiro atoms. The Hall–Kier alpha value is -3.89. The van der Waals surface area contributed by atoms with E-state index in [1.165, 1.54) is 0 Å². The molecule has 0 radical (unpaired) electrons. The molecule has 3 atom stereocenters. The van der Waals surface area contributed by atoms with Gasteiger partial charge in [-0.3, -0.25) is 4.79 Å². The topological polar surface area (TPSA) is 126 Å². The maximum atomic E-state index is 11.8. The Morgan fingerprint density at radius 2 is 2.00 bits per heavy atom. The molecule has 1 saturated carbocycles. The molecule has 212 valence electrons. The van der Waals surface area contributed by atoms with E-state index < -0.39 is 6.09 Å². The largest absolute Gasteiger partial charge is 0.473 e. The van der Waals surface area contributed by atoms with Crippen LogP contribution in [0.4, 0.5) is 10.6 Å². The first kappa shape index (κ1) is 26.3. The van der Waals surface area contributed by atoms with Crippen LogP contribution in [0.2, 0.25) is 0 Å². The number of anilines is 1. The number of nitrogens with zero attached hydrogens (tertiary/aromatic N) is 6. The van der Waals surface area contributed by atoms with E-state index in [0.29, 0.717) is 44.5 Å². The van der Waals surface area contributed by atoms with Gasteiger partial charge in [-0.05, 0) is 43.4 Å². The smallest absolute Gasteiger partial charge is 0.407 e. The highest BCUT2D eigenvalue weighted by molar-refractivity contribution is 5.85. The first-order chi connectivity index (χ1) is 19.1. The molecule has 3 aromatic heterocycles. The average Bonchev–Trinajstić information content (AvgIpc) is 3.52. The fourth-order valence-corrected chi connectivity index (χ4v) is 5.80. The Labute approximate surface area is 233 Å². The summed E-state index contributed by atoms with van der Waals surface area (Å²) in [7, 11) is 0. The van der Waals surface area contributed by atoms with E-state index in [2.05, 4.69) is 40.5 Å². The van der Waals surface area contributed by atoms with E-state index in [9.17, 15) is 14.7 Å². The quantitative estimate of drug-likeness (QED) is 0.475. The van der Waals surface area contributed by atoms with Crippen molar-refractivity contribution in [1.82, 2.24) is 29.7 Å². The van der Waals surface area contributed by atoms with Gasteiger partial charge in [-0.1, -0.05) is 20.8 Å². The van der Waals surface area contributed by atoms with Gasteiger partial charge in [0.2, 0.25) is 11.8 Å². The molecule has 5 heterocycles. The van der Waals surface area contributed by atoms with Crippen molar-refractivity contribution in [3.63, 3.8) is 0 Å². The van der Waals surface area contributed by atoms with Crippen LogP contribution < -0.4 is 15.0 Å². The van der Waals surface area contributed by atoms with Gasteiger partial charge in [-0.25, -0.2) is 19.7 Å². The molecule has 0 aromatic carbocycles. The van der Waals surface area contributed by atoms with Crippen molar-refractivity contribution >= 4 is 28.9 Å². The number of imidazole rings is 1. The summed E-state index contributed by atoms with van der Waals surface area (Å²) in [6, 6.07) is 6.22. The predicted octanol–water partition coefficient (Wildman–Crippen LogP) is 3.95. The first-order valence-electron chi connectivity index (χ1n) is 14.1. The number of pyridine rings is 2. The molecule has 3 fully saturated rings. The maximum absolute atomic E-state index is 11.8. The van der Waals surface area contributed by atoms with Gasteiger partial charge in [-0.15, -0.1) is 0 Å². The summed E-state index contributed by atoms with van der Waals surface area (Å²) in [6.45, 7) is 10.4. The third kappa shape index (κ3) is 5.04. The van der Waals surface area contributed by atoms with Gasteiger partial charge in [0.05, 0.1) is 23.6 Å². The molecule has 3 aliphatic rings. The van der Waals surface area contributed by atoms with Gasteiger partial charge >= 0.3 is 6.09 Å². The molecule has 40 heavy (non-hydrogen) atoms. The van der Waals surface area contributed by atoms with Crippen molar-refractivity contribution in [2.75, 3.05) is 31.1 Å².